The molecule has 0 aliphatic heterocycles. The zero-order valence-corrected chi connectivity index (χ0v) is 10.1. The molecule has 0 unspecified atom stereocenters. The summed E-state index contributed by atoms with van der Waals surface area (Å²) in [4.78, 5) is 11.5. The van der Waals surface area contributed by atoms with Crippen LogP contribution >= 0.6 is 0 Å². The maximum atomic E-state index is 11.5. The van der Waals surface area contributed by atoms with E-state index in [0.29, 0.717) is 11.7 Å². The first-order chi connectivity index (χ1) is 7.99. The fourth-order valence-corrected chi connectivity index (χ4v) is 1.67. The normalized spacial score (nSPS) is 26.1. The van der Waals surface area contributed by atoms with Crippen molar-refractivity contribution in [3.63, 3.8) is 0 Å². The number of hydrogen-bond donors (Lipinski definition) is 3. The van der Waals surface area contributed by atoms with Crippen molar-refractivity contribution >= 4 is 6.03 Å². The predicted molar refractivity (Wildman–Crippen MR) is 62.4 cm³/mol. The number of amides is 2. The van der Waals surface area contributed by atoms with Crippen molar-refractivity contribution in [2.45, 2.75) is 31.9 Å². The van der Waals surface area contributed by atoms with Gasteiger partial charge in [0.05, 0.1) is 12.8 Å². The summed E-state index contributed by atoms with van der Waals surface area (Å²) in [6, 6.07) is 3.42. The Kier molecular flexibility index (Phi) is 3.11. The molecule has 3 atom stereocenters. The van der Waals surface area contributed by atoms with Crippen LogP contribution in [0.2, 0.25) is 0 Å². The van der Waals surface area contributed by atoms with Crippen molar-refractivity contribution in [2.24, 2.45) is 5.92 Å². The average molecular weight is 238 g/mol. The monoisotopic (exact) mass is 238 g/mol. The second-order valence-corrected chi connectivity index (χ2v) is 4.90. The van der Waals surface area contributed by atoms with E-state index in [4.69, 9.17) is 4.42 Å². The summed E-state index contributed by atoms with van der Waals surface area (Å²) in [7, 11) is 0. The van der Waals surface area contributed by atoms with E-state index in [-0.39, 0.29) is 18.6 Å². The Balaban J connectivity index is 1.79. The van der Waals surface area contributed by atoms with Gasteiger partial charge >= 0.3 is 6.03 Å². The van der Waals surface area contributed by atoms with E-state index < -0.39 is 5.60 Å². The lowest BCUT2D eigenvalue weighted by atomic mass is 10.0. The van der Waals surface area contributed by atoms with Gasteiger partial charge in [-0.3, -0.25) is 0 Å². The summed E-state index contributed by atoms with van der Waals surface area (Å²) in [5, 5.41) is 15.6. The van der Waals surface area contributed by atoms with Crippen molar-refractivity contribution < 1.29 is 14.3 Å². The van der Waals surface area contributed by atoms with Crippen LogP contribution in [0, 0.1) is 5.92 Å². The molecule has 3 N–H and O–H groups in total. The van der Waals surface area contributed by atoms with Gasteiger partial charge in [-0.15, -0.1) is 0 Å². The van der Waals surface area contributed by atoms with E-state index in [1.54, 1.807) is 19.1 Å². The number of rotatable bonds is 4. The van der Waals surface area contributed by atoms with Gasteiger partial charge in [-0.05, 0) is 31.4 Å². The molecular weight excluding hydrogens is 220 g/mol. The lowest BCUT2D eigenvalue weighted by molar-refractivity contribution is 0.0367. The summed E-state index contributed by atoms with van der Waals surface area (Å²) >= 11 is 0. The Hall–Kier alpha value is -1.49. The first kappa shape index (κ1) is 12.0. The van der Waals surface area contributed by atoms with Crippen molar-refractivity contribution in [1.82, 2.24) is 10.6 Å². The molecule has 1 aliphatic rings. The predicted octanol–water partition coefficient (Wildman–Crippen LogP) is 1.19. The fourth-order valence-electron chi connectivity index (χ4n) is 1.67. The van der Waals surface area contributed by atoms with Gasteiger partial charge in [0.15, 0.2) is 0 Å². The second kappa shape index (κ2) is 4.41. The van der Waals surface area contributed by atoms with Crippen LogP contribution in [0.3, 0.4) is 0 Å². The molecule has 1 aromatic rings. The van der Waals surface area contributed by atoms with Gasteiger partial charge in [0.25, 0.3) is 0 Å². The van der Waals surface area contributed by atoms with Crippen LogP contribution in [0.1, 0.15) is 26.0 Å². The van der Waals surface area contributed by atoms with Crippen molar-refractivity contribution in [3.05, 3.63) is 24.2 Å². The maximum absolute atomic E-state index is 11.5. The Bertz CT molecular complexity index is 386. The van der Waals surface area contributed by atoms with E-state index in [0.717, 1.165) is 6.42 Å². The molecule has 2 rings (SSSR count). The number of hydrogen-bond acceptors (Lipinski definition) is 3. The highest BCUT2D eigenvalue weighted by atomic mass is 16.4. The number of aliphatic hydroxyl groups is 1. The smallest absolute Gasteiger partial charge is 0.315 e. The SMILES string of the molecule is C[C@@H]1C[C@H]1NC(=O)NC[C@@](C)(O)c1ccco1. The van der Waals surface area contributed by atoms with Crippen molar-refractivity contribution in [1.29, 1.82) is 0 Å². The molecule has 1 fully saturated rings. The molecule has 1 saturated carbocycles. The Morgan fingerprint density at radius 3 is 2.94 bits per heavy atom. The van der Waals surface area contributed by atoms with Crippen LogP contribution in [0.5, 0.6) is 0 Å². The minimum absolute atomic E-state index is 0.118. The molecule has 2 amide bonds. The van der Waals surface area contributed by atoms with Gasteiger partial charge in [-0.2, -0.15) is 0 Å². The van der Waals surface area contributed by atoms with E-state index in [9.17, 15) is 9.90 Å². The third kappa shape index (κ3) is 3.00. The second-order valence-electron chi connectivity index (χ2n) is 4.90. The lowest BCUT2D eigenvalue weighted by Crippen LogP contribution is -2.44. The zero-order chi connectivity index (χ0) is 12.5. The van der Waals surface area contributed by atoms with Crippen LogP contribution < -0.4 is 10.6 Å². The van der Waals surface area contributed by atoms with E-state index in [1.807, 2.05) is 0 Å². The minimum Gasteiger partial charge on any atom is -0.466 e. The van der Waals surface area contributed by atoms with Gasteiger partial charge in [-0.1, -0.05) is 6.92 Å². The highest BCUT2D eigenvalue weighted by Crippen LogP contribution is 2.28. The van der Waals surface area contributed by atoms with Gasteiger partial charge in [0.1, 0.15) is 11.4 Å². The lowest BCUT2D eigenvalue weighted by Gasteiger charge is -2.21. The molecule has 5 nitrogen and oxygen atoms in total. The standard InChI is InChI=1S/C12H18N2O3/c1-8-6-9(8)14-11(15)13-7-12(2,16)10-4-3-5-17-10/h3-5,8-9,16H,6-7H2,1-2H3,(H2,13,14,15)/t8-,9-,12-/m1/s1. The van der Waals surface area contributed by atoms with Crippen LogP contribution in [0.15, 0.2) is 22.8 Å². The van der Waals surface area contributed by atoms with Crippen LogP contribution in [-0.4, -0.2) is 23.7 Å². The summed E-state index contributed by atoms with van der Waals surface area (Å²) in [6.45, 7) is 3.81. The number of carbonyl (C=O) groups is 1. The van der Waals surface area contributed by atoms with Crippen LogP contribution in [0.4, 0.5) is 4.79 Å². The number of carbonyl (C=O) groups excluding carboxylic acids is 1. The Morgan fingerprint density at radius 2 is 2.41 bits per heavy atom. The fraction of sp³-hybridized carbons (Fsp3) is 0.583. The molecule has 0 saturated heterocycles. The highest BCUT2D eigenvalue weighted by Gasteiger charge is 2.34. The molecule has 94 valence electrons. The molecule has 0 radical (unpaired) electrons. The third-order valence-corrected chi connectivity index (χ3v) is 3.07. The molecular formula is C12H18N2O3. The quantitative estimate of drug-likeness (QED) is 0.737. The van der Waals surface area contributed by atoms with Crippen LogP contribution in [-0.2, 0) is 5.60 Å². The van der Waals surface area contributed by atoms with E-state index >= 15 is 0 Å². The van der Waals surface area contributed by atoms with Crippen molar-refractivity contribution in [3.8, 4) is 0 Å². The molecule has 1 aliphatic carbocycles. The van der Waals surface area contributed by atoms with E-state index in [2.05, 4.69) is 17.6 Å². The largest absolute Gasteiger partial charge is 0.466 e. The zero-order valence-electron chi connectivity index (χ0n) is 10.1. The summed E-state index contributed by atoms with van der Waals surface area (Å²) in [6.07, 6.45) is 2.53. The maximum Gasteiger partial charge on any atom is 0.315 e. The molecule has 0 spiro atoms. The van der Waals surface area contributed by atoms with Crippen LogP contribution in [0.25, 0.3) is 0 Å². The minimum atomic E-state index is -1.18. The van der Waals surface area contributed by atoms with Gasteiger partial charge in [0, 0.05) is 6.04 Å². The number of furan rings is 1. The molecule has 0 bridgehead atoms. The molecule has 17 heavy (non-hydrogen) atoms. The molecule has 1 aromatic heterocycles. The van der Waals surface area contributed by atoms with E-state index in [1.165, 1.54) is 6.26 Å². The Morgan fingerprint density at radius 1 is 1.71 bits per heavy atom. The summed E-state index contributed by atoms with van der Waals surface area (Å²) in [5.74, 6) is 1.00. The topological polar surface area (TPSA) is 74.5 Å². The van der Waals surface area contributed by atoms with Gasteiger partial charge < -0.3 is 20.2 Å². The highest BCUT2D eigenvalue weighted by molar-refractivity contribution is 5.74. The van der Waals surface area contributed by atoms with Gasteiger partial charge in [-0.25, -0.2) is 4.79 Å². The van der Waals surface area contributed by atoms with Gasteiger partial charge in [0.2, 0.25) is 0 Å². The number of nitrogens with one attached hydrogen (secondary N) is 2. The summed E-state index contributed by atoms with van der Waals surface area (Å²) < 4.78 is 5.12. The summed E-state index contributed by atoms with van der Waals surface area (Å²) in [5.41, 5.74) is -1.18. The molecule has 0 aromatic carbocycles. The van der Waals surface area contributed by atoms with Crippen molar-refractivity contribution in [2.75, 3.05) is 6.54 Å². The molecule has 5 heteroatoms. The number of urea groups is 1. The molecule has 1 heterocycles. The first-order valence-electron chi connectivity index (χ1n) is 5.80. The first-order valence-corrected chi connectivity index (χ1v) is 5.80. The third-order valence-electron chi connectivity index (χ3n) is 3.07. The Labute approximate surface area is 100 Å². The average Bonchev–Trinajstić information content (AvgIpc) is 2.78.